The lowest BCUT2D eigenvalue weighted by Crippen LogP contribution is -2.85. The van der Waals surface area contributed by atoms with Crippen LogP contribution in [0.4, 0.5) is 0 Å². The van der Waals surface area contributed by atoms with E-state index in [4.69, 9.17) is 0 Å². The van der Waals surface area contributed by atoms with E-state index in [1.54, 1.807) is 5.57 Å². The van der Waals surface area contributed by atoms with Gasteiger partial charge in [0.2, 0.25) is 0 Å². The van der Waals surface area contributed by atoms with Crippen molar-refractivity contribution in [3.05, 3.63) is 47.5 Å². The minimum Gasteiger partial charge on any atom is -0.382 e. The Morgan fingerprint density at radius 1 is 1.17 bits per heavy atom. The molecule has 0 bridgehead atoms. The third-order valence-electron chi connectivity index (χ3n) is 3.63. The molecule has 0 saturated carbocycles. The Kier molecular flexibility index (Phi) is 5.43. The molecule has 1 aromatic carbocycles. The Balaban J connectivity index is 1.65. The van der Waals surface area contributed by atoms with Gasteiger partial charge in [-0.2, -0.15) is 0 Å². The van der Waals surface area contributed by atoms with E-state index < -0.39 is 0 Å². The Morgan fingerprint density at radius 2 is 2.00 bits per heavy atom. The molecule has 3 N–H and O–H groups in total. The summed E-state index contributed by atoms with van der Waals surface area (Å²) >= 11 is 0. The van der Waals surface area contributed by atoms with Crippen molar-refractivity contribution in [2.45, 2.75) is 38.2 Å². The number of allylic oxidation sites excluding steroid dienone is 1. The average molecular weight is 246 g/mol. The van der Waals surface area contributed by atoms with Crippen LogP contribution in [0.15, 0.2) is 42.0 Å². The van der Waals surface area contributed by atoms with E-state index in [1.165, 1.54) is 32.1 Å². The molecule has 98 valence electrons. The van der Waals surface area contributed by atoms with Crippen LogP contribution in [0, 0.1) is 0 Å². The maximum atomic E-state index is 10.0. The van der Waals surface area contributed by atoms with E-state index in [-0.39, 0.29) is 6.10 Å². The summed E-state index contributed by atoms with van der Waals surface area (Å²) in [5, 5.41) is 12.2. The quantitative estimate of drug-likeness (QED) is 0.586. The Labute approximate surface area is 110 Å². The topological polar surface area (TPSA) is 36.8 Å². The Morgan fingerprint density at radius 3 is 2.72 bits per heavy atom. The van der Waals surface area contributed by atoms with Crippen LogP contribution in [0.1, 0.15) is 43.8 Å². The molecule has 0 unspecified atom stereocenters. The van der Waals surface area contributed by atoms with E-state index in [9.17, 15) is 5.11 Å². The van der Waals surface area contributed by atoms with E-state index in [0.717, 1.165) is 18.7 Å². The van der Waals surface area contributed by atoms with E-state index in [2.05, 4.69) is 11.4 Å². The van der Waals surface area contributed by atoms with Crippen LogP contribution < -0.4 is 5.32 Å². The third kappa shape index (κ3) is 4.28. The highest BCUT2D eigenvalue weighted by molar-refractivity contribution is 5.17. The second kappa shape index (κ2) is 7.34. The van der Waals surface area contributed by atoms with Crippen LogP contribution in [-0.4, -0.2) is 18.2 Å². The summed E-state index contributed by atoms with van der Waals surface area (Å²) in [5.41, 5.74) is 2.64. The number of hydrogen-bond acceptors (Lipinski definition) is 1. The summed E-state index contributed by atoms with van der Waals surface area (Å²) in [6.45, 7) is 1.85. The number of nitrogens with two attached hydrogens (primary N) is 1. The summed E-state index contributed by atoms with van der Waals surface area (Å²) in [6.07, 6.45) is 8.52. The van der Waals surface area contributed by atoms with Gasteiger partial charge in [0.05, 0.1) is 6.54 Å². The number of aliphatic hydroxyl groups is 1. The minimum atomic E-state index is -0.341. The molecular weight excluding hydrogens is 222 g/mol. The summed E-state index contributed by atoms with van der Waals surface area (Å²) in [6, 6.07) is 9.91. The third-order valence-corrected chi connectivity index (χ3v) is 3.63. The molecule has 0 spiro atoms. The van der Waals surface area contributed by atoms with Crippen LogP contribution in [0.25, 0.3) is 0 Å². The van der Waals surface area contributed by atoms with E-state index in [1.807, 2.05) is 30.3 Å². The van der Waals surface area contributed by atoms with Crippen LogP contribution in [0.5, 0.6) is 0 Å². The molecular formula is C16H24NO+. The largest absolute Gasteiger partial charge is 0.382 e. The molecule has 0 radical (unpaired) electrons. The predicted octanol–water partition coefficient (Wildman–Crippen LogP) is 2.17. The van der Waals surface area contributed by atoms with Crippen molar-refractivity contribution in [3.8, 4) is 0 Å². The SMILES string of the molecule is O[C@@H](C[NH2+]CCC1=CCCCC1)c1ccccc1. The molecule has 1 aliphatic rings. The molecule has 2 rings (SSSR count). The Hall–Kier alpha value is -1.12. The van der Waals surface area contributed by atoms with Crippen molar-refractivity contribution >= 4 is 0 Å². The van der Waals surface area contributed by atoms with Gasteiger partial charge in [0.25, 0.3) is 0 Å². The zero-order valence-corrected chi connectivity index (χ0v) is 11.0. The lowest BCUT2D eigenvalue weighted by atomic mass is 9.97. The zero-order valence-electron chi connectivity index (χ0n) is 11.0. The molecule has 0 aliphatic heterocycles. The summed E-state index contributed by atoms with van der Waals surface area (Å²) in [7, 11) is 0. The van der Waals surface area contributed by atoms with Crippen LogP contribution in [0.2, 0.25) is 0 Å². The number of quaternary nitrogens is 1. The lowest BCUT2D eigenvalue weighted by Gasteiger charge is -2.13. The van der Waals surface area contributed by atoms with Crippen molar-refractivity contribution < 1.29 is 10.4 Å². The fraction of sp³-hybridized carbons (Fsp3) is 0.500. The van der Waals surface area contributed by atoms with E-state index >= 15 is 0 Å². The second-order valence-corrected chi connectivity index (χ2v) is 5.10. The first-order valence-electron chi connectivity index (χ1n) is 7.09. The van der Waals surface area contributed by atoms with Crippen molar-refractivity contribution in [1.82, 2.24) is 0 Å². The van der Waals surface area contributed by atoms with Crippen LogP contribution in [-0.2, 0) is 0 Å². The molecule has 2 heteroatoms. The molecule has 18 heavy (non-hydrogen) atoms. The highest BCUT2D eigenvalue weighted by Crippen LogP contribution is 2.18. The highest BCUT2D eigenvalue weighted by atomic mass is 16.3. The second-order valence-electron chi connectivity index (χ2n) is 5.10. The van der Waals surface area contributed by atoms with Crippen LogP contribution >= 0.6 is 0 Å². The monoisotopic (exact) mass is 246 g/mol. The van der Waals surface area contributed by atoms with Gasteiger partial charge in [-0.05, 0) is 31.2 Å². The summed E-state index contributed by atoms with van der Waals surface area (Å²) in [5.74, 6) is 0. The van der Waals surface area contributed by atoms with Gasteiger partial charge in [0.15, 0.2) is 0 Å². The molecule has 0 aromatic heterocycles. The van der Waals surface area contributed by atoms with Gasteiger partial charge >= 0.3 is 0 Å². The molecule has 2 nitrogen and oxygen atoms in total. The molecule has 0 fully saturated rings. The smallest absolute Gasteiger partial charge is 0.128 e. The van der Waals surface area contributed by atoms with Gasteiger partial charge in [0.1, 0.15) is 12.6 Å². The first-order valence-corrected chi connectivity index (χ1v) is 7.09. The maximum absolute atomic E-state index is 10.0. The number of rotatable bonds is 6. The van der Waals surface area contributed by atoms with Crippen molar-refractivity contribution in [2.75, 3.05) is 13.1 Å². The average Bonchev–Trinajstić information content (AvgIpc) is 2.45. The number of hydrogen-bond donors (Lipinski definition) is 2. The molecule has 0 saturated heterocycles. The standard InChI is InChI=1S/C16H23NO/c18-16(15-9-5-2-6-10-15)13-17-12-11-14-7-3-1-4-8-14/h2,5-7,9-10,16-18H,1,3-4,8,11-13H2/p+1/t16-/m0/s1. The molecule has 0 heterocycles. The van der Waals surface area contributed by atoms with Crippen molar-refractivity contribution in [1.29, 1.82) is 0 Å². The van der Waals surface area contributed by atoms with Gasteiger partial charge < -0.3 is 10.4 Å². The summed E-state index contributed by atoms with van der Waals surface area (Å²) in [4.78, 5) is 0. The fourth-order valence-electron chi connectivity index (χ4n) is 2.51. The first-order chi connectivity index (χ1) is 8.86. The fourth-order valence-corrected chi connectivity index (χ4v) is 2.51. The van der Waals surface area contributed by atoms with Gasteiger partial charge in [-0.15, -0.1) is 0 Å². The van der Waals surface area contributed by atoms with Crippen molar-refractivity contribution in [2.24, 2.45) is 0 Å². The maximum Gasteiger partial charge on any atom is 0.128 e. The normalized spacial score (nSPS) is 17.3. The number of aliphatic hydroxyl groups excluding tert-OH is 1. The summed E-state index contributed by atoms with van der Waals surface area (Å²) < 4.78 is 0. The lowest BCUT2D eigenvalue weighted by molar-refractivity contribution is -0.661. The van der Waals surface area contributed by atoms with Crippen LogP contribution in [0.3, 0.4) is 0 Å². The zero-order chi connectivity index (χ0) is 12.6. The molecule has 1 aliphatic carbocycles. The minimum absolute atomic E-state index is 0.341. The van der Waals surface area contributed by atoms with Gasteiger partial charge in [-0.3, -0.25) is 0 Å². The van der Waals surface area contributed by atoms with Gasteiger partial charge in [-0.1, -0.05) is 42.0 Å². The van der Waals surface area contributed by atoms with Crippen molar-refractivity contribution in [3.63, 3.8) is 0 Å². The number of benzene rings is 1. The molecule has 1 aromatic rings. The Bertz CT molecular complexity index is 372. The first kappa shape index (κ1) is 13.3. The van der Waals surface area contributed by atoms with Gasteiger partial charge in [0, 0.05) is 6.42 Å². The molecule has 1 atom stereocenters. The predicted molar refractivity (Wildman–Crippen MR) is 74.2 cm³/mol. The molecule has 0 amide bonds. The van der Waals surface area contributed by atoms with Gasteiger partial charge in [-0.25, -0.2) is 0 Å². The highest BCUT2D eigenvalue weighted by Gasteiger charge is 2.09. The van der Waals surface area contributed by atoms with E-state index in [0.29, 0.717) is 0 Å².